The summed E-state index contributed by atoms with van der Waals surface area (Å²) < 4.78 is 0. The molecule has 13 heavy (non-hydrogen) atoms. The van der Waals surface area contributed by atoms with Crippen LogP contribution in [0.1, 0.15) is 19.8 Å². The van der Waals surface area contributed by atoms with Crippen LogP contribution in [0.4, 0.5) is 0 Å². The molecule has 0 fully saturated rings. The zero-order chi connectivity index (χ0) is 10.2. The first-order chi connectivity index (χ1) is 5.95. The van der Waals surface area contributed by atoms with Crippen LogP contribution in [0, 0.1) is 0 Å². The van der Waals surface area contributed by atoms with Crippen LogP contribution in [-0.4, -0.2) is 4.87 Å². The van der Waals surface area contributed by atoms with Gasteiger partial charge in [-0.05, 0) is 6.42 Å². The molecule has 0 N–H and O–H groups in total. The molecule has 0 aromatic heterocycles. The van der Waals surface area contributed by atoms with E-state index < -0.39 is 4.87 Å². The third-order valence-corrected chi connectivity index (χ3v) is 4.70. The summed E-state index contributed by atoms with van der Waals surface area (Å²) in [7, 11) is 0. The van der Waals surface area contributed by atoms with Crippen molar-refractivity contribution in [2.75, 3.05) is 0 Å². The molecule has 0 saturated carbocycles. The fourth-order valence-corrected chi connectivity index (χ4v) is 2.90. The molecule has 0 atom stereocenters. The van der Waals surface area contributed by atoms with Crippen molar-refractivity contribution >= 4 is 58.0 Å². The predicted molar refractivity (Wildman–Crippen MR) is 61.0 cm³/mol. The zero-order valence-corrected chi connectivity index (χ0v) is 10.6. The van der Waals surface area contributed by atoms with Crippen molar-refractivity contribution in [1.82, 2.24) is 0 Å². The lowest BCUT2D eigenvalue weighted by molar-refractivity contribution is 0.711. The summed E-state index contributed by atoms with van der Waals surface area (Å²) in [4.78, 5) is -0.897. The maximum atomic E-state index is 6.21. The molecular weight excluding hydrogens is 273 g/mol. The highest BCUT2D eigenvalue weighted by Crippen LogP contribution is 2.53. The zero-order valence-electron chi connectivity index (χ0n) is 6.80. The van der Waals surface area contributed by atoms with Gasteiger partial charge in [0.05, 0.1) is 20.1 Å². The van der Waals surface area contributed by atoms with Gasteiger partial charge in [0.25, 0.3) is 0 Å². The summed E-state index contributed by atoms with van der Waals surface area (Å²) in [5.74, 6) is 0. The fraction of sp³-hybridized carbons (Fsp3) is 0.500. The lowest BCUT2D eigenvalue weighted by atomic mass is 10.0. The Labute approximate surface area is 102 Å². The van der Waals surface area contributed by atoms with Crippen LogP contribution in [0.15, 0.2) is 20.1 Å². The quantitative estimate of drug-likeness (QED) is 0.613. The lowest BCUT2D eigenvalue weighted by Gasteiger charge is -2.21. The van der Waals surface area contributed by atoms with Gasteiger partial charge in [0.2, 0.25) is 0 Å². The van der Waals surface area contributed by atoms with E-state index in [0.29, 0.717) is 16.5 Å². The Kier molecular flexibility index (Phi) is 3.88. The van der Waals surface area contributed by atoms with E-state index in [-0.39, 0.29) is 10.1 Å². The molecule has 0 bridgehead atoms. The molecule has 1 rings (SSSR count). The molecule has 1 aliphatic carbocycles. The van der Waals surface area contributed by atoms with Crippen LogP contribution < -0.4 is 0 Å². The highest BCUT2D eigenvalue weighted by atomic mass is 35.5. The summed E-state index contributed by atoms with van der Waals surface area (Å²) in [6.45, 7) is 1.98. The van der Waals surface area contributed by atoms with E-state index in [4.69, 9.17) is 58.0 Å². The number of hydrogen-bond donors (Lipinski definition) is 0. The SMILES string of the molecule is CCCC1(Cl)C(Cl)=C(Cl)C(Cl)=C1Cl. The van der Waals surface area contributed by atoms with Gasteiger partial charge >= 0.3 is 0 Å². The Morgan fingerprint density at radius 3 is 1.69 bits per heavy atom. The summed E-state index contributed by atoms with van der Waals surface area (Å²) in [5, 5.41) is 1.17. The first kappa shape index (κ1) is 12.0. The molecule has 0 saturated heterocycles. The monoisotopic (exact) mass is 278 g/mol. The van der Waals surface area contributed by atoms with E-state index >= 15 is 0 Å². The van der Waals surface area contributed by atoms with Crippen molar-refractivity contribution < 1.29 is 0 Å². The third kappa shape index (κ3) is 1.85. The molecular formula is C8H7Cl5. The largest absolute Gasteiger partial charge is 0.118 e. The van der Waals surface area contributed by atoms with Gasteiger partial charge in [0.15, 0.2) is 0 Å². The van der Waals surface area contributed by atoms with E-state index in [1.165, 1.54) is 0 Å². The number of hydrogen-bond acceptors (Lipinski definition) is 0. The second-order valence-electron chi connectivity index (χ2n) is 2.81. The number of rotatable bonds is 2. The van der Waals surface area contributed by atoms with Crippen LogP contribution in [-0.2, 0) is 0 Å². The Hall–Kier alpha value is 0.930. The highest BCUT2D eigenvalue weighted by Gasteiger charge is 2.43. The van der Waals surface area contributed by atoms with E-state index in [2.05, 4.69) is 0 Å². The Balaban J connectivity index is 3.14. The first-order valence-electron chi connectivity index (χ1n) is 3.76. The molecule has 0 aromatic rings. The highest BCUT2D eigenvalue weighted by molar-refractivity contribution is 6.58. The second-order valence-corrected chi connectivity index (χ2v) is 4.96. The predicted octanol–water partition coefficient (Wildman–Crippen LogP) is 5.16. The molecule has 0 aliphatic heterocycles. The van der Waals surface area contributed by atoms with Gasteiger partial charge in [-0.15, -0.1) is 11.6 Å². The maximum Gasteiger partial charge on any atom is 0.118 e. The van der Waals surface area contributed by atoms with Crippen molar-refractivity contribution in [2.45, 2.75) is 24.6 Å². The summed E-state index contributed by atoms with van der Waals surface area (Å²) in [6.07, 6.45) is 1.48. The molecule has 0 spiro atoms. The molecule has 0 aromatic carbocycles. The van der Waals surface area contributed by atoms with E-state index in [9.17, 15) is 0 Å². The minimum absolute atomic E-state index is 0.261. The van der Waals surface area contributed by atoms with Crippen LogP contribution in [0.25, 0.3) is 0 Å². The molecule has 5 heteroatoms. The van der Waals surface area contributed by atoms with Gasteiger partial charge < -0.3 is 0 Å². The van der Waals surface area contributed by atoms with E-state index in [1.807, 2.05) is 6.92 Å². The molecule has 0 unspecified atom stereocenters. The van der Waals surface area contributed by atoms with Crippen LogP contribution in [0.2, 0.25) is 0 Å². The van der Waals surface area contributed by atoms with Gasteiger partial charge in [-0.3, -0.25) is 0 Å². The summed E-state index contributed by atoms with van der Waals surface area (Å²) >= 11 is 29.7. The minimum Gasteiger partial charge on any atom is -0.107 e. The van der Waals surface area contributed by atoms with Crippen molar-refractivity contribution in [3.8, 4) is 0 Å². The first-order valence-corrected chi connectivity index (χ1v) is 5.65. The Bertz CT molecular complexity index is 265. The second kappa shape index (κ2) is 4.20. The lowest BCUT2D eigenvalue weighted by Crippen LogP contribution is -2.19. The van der Waals surface area contributed by atoms with Crippen LogP contribution >= 0.6 is 58.0 Å². The van der Waals surface area contributed by atoms with Gasteiger partial charge in [-0.2, -0.15) is 0 Å². The maximum absolute atomic E-state index is 6.21. The molecule has 0 radical (unpaired) electrons. The van der Waals surface area contributed by atoms with Crippen molar-refractivity contribution in [2.24, 2.45) is 0 Å². The Morgan fingerprint density at radius 2 is 1.38 bits per heavy atom. The average Bonchev–Trinajstić information content (AvgIpc) is 2.23. The number of alkyl halides is 1. The van der Waals surface area contributed by atoms with E-state index in [0.717, 1.165) is 6.42 Å². The average molecular weight is 280 g/mol. The van der Waals surface area contributed by atoms with Crippen LogP contribution in [0.5, 0.6) is 0 Å². The van der Waals surface area contributed by atoms with Crippen molar-refractivity contribution in [3.63, 3.8) is 0 Å². The third-order valence-electron chi connectivity index (χ3n) is 1.87. The molecule has 74 valence electrons. The molecule has 0 heterocycles. The van der Waals surface area contributed by atoms with Gasteiger partial charge in [0.1, 0.15) is 4.87 Å². The van der Waals surface area contributed by atoms with Crippen LogP contribution in [0.3, 0.4) is 0 Å². The van der Waals surface area contributed by atoms with Gasteiger partial charge in [0, 0.05) is 0 Å². The van der Waals surface area contributed by atoms with Gasteiger partial charge in [-0.1, -0.05) is 59.7 Å². The topological polar surface area (TPSA) is 0 Å². The van der Waals surface area contributed by atoms with Crippen molar-refractivity contribution in [3.05, 3.63) is 20.1 Å². The normalized spacial score (nSPS) is 21.7. The standard InChI is InChI=1S/C8H7Cl5/c1-2-3-8(13)6(11)4(9)5(10)7(8)12/h2-3H2,1H3. The Morgan fingerprint density at radius 1 is 1.00 bits per heavy atom. The molecule has 0 amide bonds. The minimum atomic E-state index is -0.897. The number of halogens is 5. The molecule has 0 nitrogen and oxygen atoms in total. The van der Waals surface area contributed by atoms with Gasteiger partial charge in [-0.25, -0.2) is 0 Å². The fourth-order valence-electron chi connectivity index (χ4n) is 1.20. The van der Waals surface area contributed by atoms with Crippen molar-refractivity contribution in [1.29, 1.82) is 0 Å². The smallest absolute Gasteiger partial charge is 0.107 e. The summed E-state index contributed by atoms with van der Waals surface area (Å²) in [6, 6.07) is 0. The van der Waals surface area contributed by atoms with E-state index in [1.54, 1.807) is 0 Å². The summed E-state index contributed by atoms with van der Waals surface area (Å²) in [5.41, 5.74) is 0. The molecule has 1 aliphatic rings. The number of allylic oxidation sites excluding steroid dienone is 4.